The SMILES string of the molecule is CCC(CNC(=O)C(C)C)C(F)(F)F. The lowest BCUT2D eigenvalue weighted by atomic mass is 10.1. The molecular weight excluding hydrogens is 195 g/mol. The van der Waals surface area contributed by atoms with Gasteiger partial charge in [0.05, 0.1) is 5.92 Å². The van der Waals surface area contributed by atoms with E-state index >= 15 is 0 Å². The lowest BCUT2D eigenvalue weighted by Gasteiger charge is -2.19. The minimum atomic E-state index is -4.22. The smallest absolute Gasteiger partial charge is 0.355 e. The molecule has 0 aromatic rings. The number of amides is 1. The Kier molecular flexibility index (Phi) is 4.94. The molecular formula is C9H16F3NO. The van der Waals surface area contributed by atoms with Gasteiger partial charge >= 0.3 is 6.18 Å². The third-order valence-electron chi connectivity index (χ3n) is 2.00. The molecule has 0 aliphatic heterocycles. The summed E-state index contributed by atoms with van der Waals surface area (Å²) < 4.78 is 36.7. The standard InChI is InChI=1S/C9H16F3NO/c1-4-7(9(10,11)12)5-13-8(14)6(2)3/h6-7H,4-5H2,1-3H3,(H,13,14). The Balaban J connectivity index is 4.04. The summed E-state index contributed by atoms with van der Waals surface area (Å²) in [6, 6.07) is 0. The molecule has 1 amide bonds. The zero-order valence-electron chi connectivity index (χ0n) is 8.61. The van der Waals surface area contributed by atoms with Crippen molar-refractivity contribution in [3.05, 3.63) is 0 Å². The van der Waals surface area contributed by atoms with Crippen LogP contribution in [0.3, 0.4) is 0 Å². The maximum Gasteiger partial charge on any atom is 0.393 e. The fraction of sp³-hybridized carbons (Fsp3) is 0.889. The van der Waals surface area contributed by atoms with Crippen molar-refractivity contribution in [3.8, 4) is 0 Å². The maximum atomic E-state index is 12.2. The van der Waals surface area contributed by atoms with Gasteiger partial charge in [0.25, 0.3) is 0 Å². The highest BCUT2D eigenvalue weighted by atomic mass is 19.4. The Bertz CT molecular complexity index is 189. The number of carbonyl (C=O) groups is 1. The molecule has 0 aromatic carbocycles. The van der Waals surface area contributed by atoms with Crippen LogP contribution in [0.5, 0.6) is 0 Å². The second-order valence-electron chi connectivity index (χ2n) is 3.55. The van der Waals surface area contributed by atoms with Gasteiger partial charge in [-0.1, -0.05) is 20.8 Å². The van der Waals surface area contributed by atoms with Crippen molar-refractivity contribution in [2.75, 3.05) is 6.54 Å². The zero-order chi connectivity index (χ0) is 11.4. The predicted octanol–water partition coefficient (Wildman–Crippen LogP) is 2.35. The van der Waals surface area contributed by atoms with E-state index in [1.807, 2.05) is 0 Å². The van der Waals surface area contributed by atoms with Gasteiger partial charge in [0.2, 0.25) is 5.91 Å². The van der Waals surface area contributed by atoms with Crippen molar-refractivity contribution >= 4 is 5.91 Å². The molecule has 0 bridgehead atoms. The molecule has 0 fully saturated rings. The first-order chi connectivity index (χ1) is 6.29. The second-order valence-corrected chi connectivity index (χ2v) is 3.55. The Labute approximate surface area is 81.9 Å². The van der Waals surface area contributed by atoms with Crippen molar-refractivity contribution in [1.29, 1.82) is 0 Å². The summed E-state index contributed by atoms with van der Waals surface area (Å²) in [6.45, 7) is 4.42. The zero-order valence-corrected chi connectivity index (χ0v) is 8.61. The first kappa shape index (κ1) is 13.3. The highest BCUT2D eigenvalue weighted by Crippen LogP contribution is 2.27. The van der Waals surface area contributed by atoms with Gasteiger partial charge in [0.15, 0.2) is 0 Å². The van der Waals surface area contributed by atoms with Crippen LogP contribution < -0.4 is 5.32 Å². The van der Waals surface area contributed by atoms with E-state index in [1.165, 1.54) is 6.92 Å². The van der Waals surface area contributed by atoms with E-state index in [0.29, 0.717) is 0 Å². The molecule has 0 aliphatic rings. The van der Waals surface area contributed by atoms with E-state index in [-0.39, 0.29) is 24.8 Å². The number of halogens is 3. The molecule has 0 saturated heterocycles. The van der Waals surface area contributed by atoms with Gasteiger partial charge in [-0.3, -0.25) is 4.79 Å². The number of carbonyl (C=O) groups excluding carboxylic acids is 1. The molecule has 14 heavy (non-hydrogen) atoms. The summed E-state index contributed by atoms with van der Waals surface area (Å²) in [5, 5.41) is 2.28. The summed E-state index contributed by atoms with van der Waals surface area (Å²) >= 11 is 0. The molecule has 0 radical (unpaired) electrons. The van der Waals surface area contributed by atoms with Crippen LogP contribution in [-0.2, 0) is 4.79 Å². The van der Waals surface area contributed by atoms with E-state index in [2.05, 4.69) is 5.32 Å². The monoisotopic (exact) mass is 211 g/mol. The third-order valence-corrected chi connectivity index (χ3v) is 2.00. The topological polar surface area (TPSA) is 29.1 Å². The molecule has 0 aromatic heterocycles. The van der Waals surface area contributed by atoms with Crippen molar-refractivity contribution in [2.45, 2.75) is 33.4 Å². The minimum Gasteiger partial charge on any atom is -0.355 e. The van der Waals surface area contributed by atoms with Gasteiger partial charge in [-0.15, -0.1) is 0 Å². The second kappa shape index (κ2) is 5.22. The van der Waals surface area contributed by atoms with Gasteiger partial charge in [0.1, 0.15) is 0 Å². The minimum absolute atomic E-state index is 0.0120. The average molecular weight is 211 g/mol. The largest absolute Gasteiger partial charge is 0.393 e. The van der Waals surface area contributed by atoms with Crippen LogP contribution in [0, 0.1) is 11.8 Å². The first-order valence-electron chi connectivity index (χ1n) is 4.63. The molecule has 1 N–H and O–H groups in total. The van der Waals surface area contributed by atoms with Crippen LogP contribution in [0.1, 0.15) is 27.2 Å². The number of nitrogens with one attached hydrogen (secondary N) is 1. The number of rotatable bonds is 4. The number of hydrogen-bond acceptors (Lipinski definition) is 1. The van der Waals surface area contributed by atoms with E-state index in [9.17, 15) is 18.0 Å². The molecule has 0 saturated carbocycles. The van der Waals surface area contributed by atoms with Crippen LogP contribution in [0.25, 0.3) is 0 Å². The van der Waals surface area contributed by atoms with Crippen LogP contribution >= 0.6 is 0 Å². The first-order valence-corrected chi connectivity index (χ1v) is 4.63. The normalized spacial score (nSPS) is 14.2. The van der Waals surface area contributed by atoms with E-state index in [1.54, 1.807) is 13.8 Å². The van der Waals surface area contributed by atoms with E-state index < -0.39 is 12.1 Å². The van der Waals surface area contributed by atoms with Gasteiger partial charge in [-0.05, 0) is 6.42 Å². The molecule has 5 heteroatoms. The molecule has 1 unspecified atom stereocenters. The lowest BCUT2D eigenvalue weighted by Crippen LogP contribution is -2.37. The van der Waals surface area contributed by atoms with Crippen molar-refractivity contribution in [2.24, 2.45) is 11.8 Å². The van der Waals surface area contributed by atoms with E-state index in [0.717, 1.165) is 0 Å². The quantitative estimate of drug-likeness (QED) is 0.759. The van der Waals surface area contributed by atoms with Gasteiger partial charge in [-0.2, -0.15) is 13.2 Å². The van der Waals surface area contributed by atoms with E-state index in [4.69, 9.17) is 0 Å². The molecule has 84 valence electrons. The van der Waals surface area contributed by atoms with Crippen LogP contribution in [0.2, 0.25) is 0 Å². The summed E-state index contributed by atoms with van der Waals surface area (Å²) in [4.78, 5) is 11.0. The molecule has 0 spiro atoms. The Morgan fingerprint density at radius 3 is 2.14 bits per heavy atom. The summed E-state index contributed by atoms with van der Waals surface area (Å²) in [5.74, 6) is -2.06. The fourth-order valence-corrected chi connectivity index (χ4v) is 0.919. The Morgan fingerprint density at radius 1 is 1.36 bits per heavy atom. The van der Waals surface area contributed by atoms with Crippen LogP contribution in [-0.4, -0.2) is 18.6 Å². The third kappa shape index (κ3) is 4.48. The summed E-state index contributed by atoms with van der Waals surface area (Å²) in [6.07, 6.45) is -4.24. The number of alkyl halides is 3. The van der Waals surface area contributed by atoms with Crippen molar-refractivity contribution < 1.29 is 18.0 Å². The van der Waals surface area contributed by atoms with Crippen LogP contribution in [0.4, 0.5) is 13.2 Å². The average Bonchev–Trinajstić information content (AvgIpc) is 2.02. The number of hydrogen-bond donors (Lipinski definition) is 1. The van der Waals surface area contributed by atoms with Gasteiger partial charge in [-0.25, -0.2) is 0 Å². The van der Waals surface area contributed by atoms with Crippen molar-refractivity contribution in [3.63, 3.8) is 0 Å². The predicted molar refractivity (Wildman–Crippen MR) is 47.7 cm³/mol. The Hall–Kier alpha value is -0.740. The highest BCUT2D eigenvalue weighted by Gasteiger charge is 2.38. The summed E-state index contributed by atoms with van der Waals surface area (Å²) in [7, 11) is 0. The van der Waals surface area contributed by atoms with Crippen LogP contribution in [0.15, 0.2) is 0 Å². The molecule has 2 nitrogen and oxygen atoms in total. The molecule has 0 aliphatic carbocycles. The van der Waals surface area contributed by atoms with Crippen molar-refractivity contribution in [1.82, 2.24) is 5.32 Å². The maximum absolute atomic E-state index is 12.2. The molecule has 1 atom stereocenters. The Morgan fingerprint density at radius 2 is 1.86 bits per heavy atom. The molecule has 0 heterocycles. The van der Waals surface area contributed by atoms with Gasteiger partial charge < -0.3 is 5.32 Å². The lowest BCUT2D eigenvalue weighted by molar-refractivity contribution is -0.174. The van der Waals surface area contributed by atoms with Gasteiger partial charge in [0, 0.05) is 12.5 Å². The summed E-state index contributed by atoms with van der Waals surface area (Å²) in [5.41, 5.74) is 0. The fourth-order valence-electron chi connectivity index (χ4n) is 0.919. The highest BCUT2D eigenvalue weighted by molar-refractivity contribution is 5.77. The molecule has 0 rings (SSSR count).